The molecule has 3 nitrogen and oxygen atoms in total. The fourth-order valence-electron chi connectivity index (χ4n) is 1.93. The molecule has 4 heteroatoms. The SMILES string of the molecule is Cc1cccc(Nc2cc(N)cc(OC(C)C)c2)c1Br. The molecule has 0 saturated heterocycles. The van der Waals surface area contributed by atoms with Gasteiger partial charge in [-0.05, 0) is 54.4 Å². The molecule has 0 heterocycles. The van der Waals surface area contributed by atoms with Crippen LogP contribution >= 0.6 is 15.9 Å². The Bertz CT molecular complexity index is 611. The summed E-state index contributed by atoms with van der Waals surface area (Å²) in [5.74, 6) is 0.770. The molecule has 0 saturated carbocycles. The van der Waals surface area contributed by atoms with Crippen LogP contribution in [0.15, 0.2) is 40.9 Å². The average Bonchev–Trinajstić information content (AvgIpc) is 2.33. The van der Waals surface area contributed by atoms with Gasteiger partial charge in [-0.1, -0.05) is 12.1 Å². The van der Waals surface area contributed by atoms with E-state index in [1.807, 2.05) is 44.2 Å². The maximum Gasteiger partial charge on any atom is 0.123 e. The third kappa shape index (κ3) is 3.67. The fourth-order valence-corrected chi connectivity index (χ4v) is 2.30. The monoisotopic (exact) mass is 334 g/mol. The topological polar surface area (TPSA) is 47.3 Å². The molecule has 20 heavy (non-hydrogen) atoms. The van der Waals surface area contributed by atoms with Gasteiger partial charge in [0.25, 0.3) is 0 Å². The van der Waals surface area contributed by atoms with Crippen LogP contribution in [0, 0.1) is 6.92 Å². The molecule has 0 radical (unpaired) electrons. The molecule has 0 bridgehead atoms. The Morgan fingerprint density at radius 2 is 1.95 bits per heavy atom. The number of hydrogen-bond donors (Lipinski definition) is 2. The summed E-state index contributed by atoms with van der Waals surface area (Å²) in [6.07, 6.45) is 0.121. The molecule has 106 valence electrons. The second-order valence-corrected chi connectivity index (χ2v) is 5.81. The molecule has 0 atom stereocenters. The second kappa shape index (κ2) is 6.18. The molecule has 2 aromatic carbocycles. The highest BCUT2D eigenvalue weighted by Gasteiger charge is 2.06. The Morgan fingerprint density at radius 1 is 1.20 bits per heavy atom. The van der Waals surface area contributed by atoms with Crippen molar-refractivity contribution in [2.75, 3.05) is 11.1 Å². The molecular formula is C16H19BrN2O. The normalized spacial score (nSPS) is 10.7. The van der Waals surface area contributed by atoms with E-state index < -0.39 is 0 Å². The van der Waals surface area contributed by atoms with Crippen LogP contribution < -0.4 is 15.8 Å². The van der Waals surface area contributed by atoms with E-state index in [1.54, 1.807) is 0 Å². The molecule has 3 N–H and O–H groups in total. The Labute approximate surface area is 128 Å². The van der Waals surface area contributed by atoms with Crippen LogP contribution in [-0.2, 0) is 0 Å². The highest BCUT2D eigenvalue weighted by atomic mass is 79.9. The van der Waals surface area contributed by atoms with Crippen molar-refractivity contribution >= 4 is 33.0 Å². The van der Waals surface area contributed by atoms with Gasteiger partial charge in [0.1, 0.15) is 5.75 Å². The summed E-state index contributed by atoms with van der Waals surface area (Å²) in [6.45, 7) is 6.04. The van der Waals surface area contributed by atoms with E-state index in [0.717, 1.165) is 21.6 Å². The summed E-state index contributed by atoms with van der Waals surface area (Å²) in [6, 6.07) is 11.8. The van der Waals surface area contributed by atoms with Crippen LogP contribution in [0.4, 0.5) is 17.1 Å². The number of ether oxygens (including phenoxy) is 1. The van der Waals surface area contributed by atoms with Crippen LogP contribution in [0.5, 0.6) is 5.75 Å². The Hall–Kier alpha value is -1.68. The molecule has 0 aliphatic heterocycles. The van der Waals surface area contributed by atoms with E-state index in [-0.39, 0.29) is 6.10 Å². The van der Waals surface area contributed by atoms with Gasteiger partial charge in [-0.2, -0.15) is 0 Å². The van der Waals surface area contributed by atoms with Crippen LogP contribution in [0.3, 0.4) is 0 Å². The van der Waals surface area contributed by atoms with Crippen molar-refractivity contribution < 1.29 is 4.74 Å². The molecule has 0 aromatic heterocycles. The van der Waals surface area contributed by atoms with Crippen LogP contribution in [0.1, 0.15) is 19.4 Å². The van der Waals surface area contributed by atoms with Gasteiger partial charge in [-0.3, -0.25) is 0 Å². The zero-order chi connectivity index (χ0) is 14.7. The lowest BCUT2D eigenvalue weighted by Gasteiger charge is -2.14. The number of aryl methyl sites for hydroxylation is 1. The first-order chi connectivity index (χ1) is 9.45. The molecule has 0 spiro atoms. The number of nitrogens with two attached hydrogens (primary N) is 1. The standard InChI is InChI=1S/C16H19BrN2O/c1-10(2)20-14-8-12(18)7-13(9-14)19-15-6-4-5-11(3)16(15)17/h4-10,19H,18H2,1-3H3. The first-order valence-corrected chi connectivity index (χ1v) is 7.34. The highest BCUT2D eigenvalue weighted by molar-refractivity contribution is 9.10. The van der Waals surface area contributed by atoms with E-state index in [0.29, 0.717) is 5.69 Å². The predicted octanol–water partition coefficient (Wildman–Crippen LogP) is 4.87. The van der Waals surface area contributed by atoms with Crippen molar-refractivity contribution in [3.05, 3.63) is 46.4 Å². The number of halogens is 1. The minimum Gasteiger partial charge on any atom is -0.491 e. The molecule has 2 rings (SSSR count). The van der Waals surface area contributed by atoms with E-state index in [9.17, 15) is 0 Å². The van der Waals surface area contributed by atoms with Crippen LogP contribution in [0.25, 0.3) is 0 Å². The Balaban J connectivity index is 2.29. The Kier molecular flexibility index (Phi) is 4.55. The number of nitrogen functional groups attached to an aromatic ring is 1. The highest BCUT2D eigenvalue weighted by Crippen LogP contribution is 2.31. The van der Waals surface area contributed by atoms with Gasteiger partial charge in [0, 0.05) is 28.0 Å². The smallest absolute Gasteiger partial charge is 0.123 e. The first-order valence-electron chi connectivity index (χ1n) is 6.55. The van der Waals surface area contributed by atoms with E-state index in [4.69, 9.17) is 10.5 Å². The van der Waals surface area contributed by atoms with Crippen LogP contribution in [0.2, 0.25) is 0 Å². The maximum absolute atomic E-state index is 5.93. The molecule has 0 aliphatic rings. The summed E-state index contributed by atoms with van der Waals surface area (Å²) in [5.41, 5.74) is 9.69. The van der Waals surface area contributed by atoms with Gasteiger partial charge in [0.2, 0.25) is 0 Å². The lowest BCUT2D eigenvalue weighted by Crippen LogP contribution is -2.06. The maximum atomic E-state index is 5.93. The van der Waals surface area contributed by atoms with Crippen molar-refractivity contribution in [2.24, 2.45) is 0 Å². The lowest BCUT2D eigenvalue weighted by atomic mass is 10.2. The zero-order valence-electron chi connectivity index (χ0n) is 11.9. The summed E-state index contributed by atoms with van der Waals surface area (Å²) in [4.78, 5) is 0. The molecule has 0 aliphatic carbocycles. The van der Waals surface area contributed by atoms with Gasteiger partial charge in [0.05, 0.1) is 11.8 Å². The van der Waals surface area contributed by atoms with E-state index in [2.05, 4.69) is 34.2 Å². The molecule has 0 fully saturated rings. The summed E-state index contributed by atoms with van der Waals surface area (Å²) >= 11 is 3.59. The number of hydrogen-bond acceptors (Lipinski definition) is 3. The summed E-state index contributed by atoms with van der Waals surface area (Å²) in [5, 5.41) is 3.36. The lowest BCUT2D eigenvalue weighted by molar-refractivity contribution is 0.242. The third-order valence-electron chi connectivity index (χ3n) is 2.77. The number of anilines is 3. The van der Waals surface area contributed by atoms with Gasteiger partial charge < -0.3 is 15.8 Å². The number of nitrogens with one attached hydrogen (secondary N) is 1. The van der Waals surface area contributed by atoms with Crippen molar-refractivity contribution in [3.63, 3.8) is 0 Å². The summed E-state index contributed by atoms with van der Waals surface area (Å²) in [7, 11) is 0. The third-order valence-corrected chi connectivity index (χ3v) is 3.82. The van der Waals surface area contributed by atoms with Gasteiger partial charge >= 0.3 is 0 Å². The molecular weight excluding hydrogens is 316 g/mol. The number of benzene rings is 2. The predicted molar refractivity (Wildman–Crippen MR) is 88.8 cm³/mol. The Morgan fingerprint density at radius 3 is 2.65 bits per heavy atom. The molecule has 0 unspecified atom stereocenters. The fraction of sp³-hybridized carbons (Fsp3) is 0.250. The van der Waals surface area contributed by atoms with E-state index in [1.165, 1.54) is 5.56 Å². The van der Waals surface area contributed by atoms with Crippen molar-refractivity contribution in [2.45, 2.75) is 26.9 Å². The largest absolute Gasteiger partial charge is 0.491 e. The zero-order valence-corrected chi connectivity index (χ0v) is 13.5. The van der Waals surface area contributed by atoms with E-state index >= 15 is 0 Å². The van der Waals surface area contributed by atoms with Crippen molar-refractivity contribution in [3.8, 4) is 5.75 Å². The molecule has 2 aromatic rings. The van der Waals surface area contributed by atoms with Crippen molar-refractivity contribution in [1.82, 2.24) is 0 Å². The van der Waals surface area contributed by atoms with Crippen LogP contribution in [-0.4, -0.2) is 6.10 Å². The van der Waals surface area contributed by atoms with Gasteiger partial charge in [0.15, 0.2) is 0 Å². The second-order valence-electron chi connectivity index (χ2n) is 5.02. The number of rotatable bonds is 4. The first kappa shape index (κ1) is 14.7. The quantitative estimate of drug-likeness (QED) is 0.784. The average molecular weight is 335 g/mol. The minimum absolute atomic E-state index is 0.121. The van der Waals surface area contributed by atoms with Gasteiger partial charge in [-0.25, -0.2) is 0 Å². The minimum atomic E-state index is 0.121. The van der Waals surface area contributed by atoms with Gasteiger partial charge in [-0.15, -0.1) is 0 Å². The van der Waals surface area contributed by atoms with Crippen molar-refractivity contribution in [1.29, 1.82) is 0 Å². The summed E-state index contributed by atoms with van der Waals surface area (Å²) < 4.78 is 6.75. The molecule has 0 amide bonds.